The molecule has 0 aliphatic heterocycles. The number of halogens is 2. The van der Waals surface area contributed by atoms with E-state index in [4.69, 9.17) is 11.6 Å². The van der Waals surface area contributed by atoms with Crippen LogP contribution in [0.15, 0.2) is 18.3 Å². The van der Waals surface area contributed by atoms with Crippen LogP contribution in [-0.2, 0) is 6.42 Å². The summed E-state index contributed by atoms with van der Waals surface area (Å²) < 4.78 is 0. The lowest BCUT2D eigenvalue weighted by molar-refractivity contribution is 0.809. The van der Waals surface area contributed by atoms with E-state index in [1.165, 1.54) is 0 Å². The fourth-order valence-electron chi connectivity index (χ4n) is 0.923. The minimum absolute atomic E-state index is 0.477. The standard InChI is InChI=1S/C9H11BrClN/c1-2-7(10)6-9-8(11)4-3-5-12-9/h3-5,7H,2,6H2,1H3. The van der Waals surface area contributed by atoms with Gasteiger partial charge in [-0.3, -0.25) is 4.98 Å². The van der Waals surface area contributed by atoms with Gasteiger partial charge in [0.2, 0.25) is 0 Å². The first-order valence-corrected chi connectivity index (χ1v) is 5.27. The quantitative estimate of drug-likeness (QED) is 0.747. The molecule has 0 aliphatic carbocycles. The van der Waals surface area contributed by atoms with Gasteiger partial charge in [0.25, 0.3) is 0 Å². The molecule has 0 bridgehead atoms. The number of hydrogen-bond acceptors (Lipinski definition) is 1. The topological polar surface area (TPSA) is 12.9 Å². The van der Waals surface area contributed by atoms with Crippen molar-refractivity contribution in [2.24, 2.45) is 0 Å². The molecule has 0 N–H and O–H groups in total. The number of nitrogens with zero attached hydrogens (tertiary/aromatic N) is 1. The zero-order chi connectivity index (χ0) is 8.97. The molecular weight excluding hydrogens is 237 g/mol. The summed E-state index contributed by atoms with van der Waals surface area (Å²) in [6.07, 6.45) is 3.76. The first-order valence-electron chi connectivity index (χ1n) is 3.97. The van der Waals surface area contributed by atoms with Gasteiger partial charge >= 0.3 is 0 Å². The molecular formula is C9H11BrClN. The molecule has 1 aromatic rings. The van der Waals surface area contributed by atoms with E-state index in [1.807, 2.05) is 12.1 Å². The molecule has 0 fully saturated rings. The number of pyridine rings is 1. The summed E-state index contributed by atoms with van der Waals surface area (Å²) in [5.74, 6) is 0. The highest BCUT2D eigenvalue weighted by atomic mass is 79.9. The van der Waals surface area contributed by atoms with Gasteiger partial charge in [-0.2, -0.15) is 0 Å². The predicted molar refractivity (Wildman–Crippen MR) is 56.0 cm³/mol. The van der Waals surface area contributed by atoms with Gasteiger partial charge in [0.1, 0.15) is 0 Å². The Morgan fingerprint density at radius 1 is 1.67 bits per heavy atom. The van der Waals surface area contributed by atoms with Crippen molar-refractivity contribution in [3.05, 3.63) is 29.0 Å². The molecule has 1 aromatic heterocycles. The van der Waals surface area contributed by atoms with Crippen LogP contribution in [0, 0.1) is 0 Å². The van der Waals surface area contributed by atoms with E-state index < -0.39 is 0 Å². The maximum Gasteiger partial charge on any atom is 0.0621 e. The molecule has 1 atom stereocenters. The van der Waals surface area contributed by atoms with Crippen molar-refractivity contribution in [3.8, 4) is 0 Å². The van der Waals surface area contributed by atoms with Crippen molar-refractivity contribution >= 4 is 27.5 Å². The maximum absolute atomic E-state index is 5.94. The highest BCUT2D eigenvalue weighted by Crippen LogP contribution is 2.18. The van der Waals surface area contributed by atoms with Crippen LogP contribution in [0.1, 0.15) is 19.0 Å². The average Bonchev–Trinajstić information content (AvgIpc) is 2.09. The highest BCUT2D eigenvalue weighted by Gasteiger charge is 2.06. The van der Waals surface area contributed by atoms with E-state index >= 15 is 0 Å². The van der Waals surface area contributed by atoms with E-state index in [-0.39, 0.29) is 0 Å². The number of rotatable bonds is 3. The van der Waals surface area contributed by atoms with E-state index in [0.717, 1.165) is 23.6 Å². The van der Waals surface area contributed by atoms with Crippen LogP contribution in [-0.4, -0.2) is 9.81 Å². The normalized spacial score (nSPS) is 12.9. The van der Waals surface area contributed by atoms with Crippen LogP contribution in [0.25, 0.3) is 0 Å². The van der Waals surface area contributed by atoms with Crippen LogP contribution >= 0.6 is 27.5 Å². The Balaban J connectivity index is 2.69. The van der Waals surface area contributed by atoms with Gasteiger partial charge in [-0.1, -0.05) is 34.5 Å². The van der Waals surface area contributed by atoms with Crippen LogP contribution in [0.2, 0.25) is 5.02 Å². The lowest BCUT2D eigenvalue weighted by Crippen LogP contribution is -2.02. The third kappa shape index (κ3) is 2.76. The second kappa shape index (κ2) is 4.83. The summed E-state index contributed by atoms with van der Waals surface area (Å²) in [6.45, 7) is 2.14. The monoisotopic (exact) mass is 247 g/mol. The molecule has 0 spiro atoms. The number of hydrogen-bond donors (Lipinski definition) is 0. The highest BCUT2D eigenvalue weighted by molar-refractivity contribution is 9.09. The van der Waals surface area contributed by atoms with E-state index in [1.54, 1.807) is 6.20 Å². The number of alkyl halides is 1. The third-order valence-electron chi connectivity index (χ3n) is 1.69. The minimum Gasteiger partial charge on any atom is -0.260 e. The molecule has 0 aliphatic rings. The molecule has 1 rings (SSSR count). The molecule has 3 heteroatoms. The molecule has 1 unspecified atom stereocenters. The first-order chi connectivity index (χ1) is 5.74. The van der Waals surface area contributed by atoms with Crippen molar-refractivity contribution in [3.63, 3.8) is 0 Å². The second-order valence-electron chi connectivity index (χ2n) is 2.64. The largest absolute Gasteiger partial charge is 0.260 e. The molecule has 0 aromatic carbocycles. The summed E-state index contributed by atoms with van der Waals surface area (Å²) >= 11 is 9.49. The molecule has 0 amide bonds. The third-order valence-corrected chi connectivity index (χ3v) is 3.01. The van der Waals surface area contributed by atoms with Crippen molar-refractivity contribution in [1.82, 2.24) is 4.98 Å². The Hall–Kier alpha value is -0.0800. The minimum atomic E-state index is 0.477. The molecule has 12 heavy (non-hydrogen) atoms. The van der Waals surface area contributed by atoms with Gasteiger partial charge in [0.15, 0.2) is 0 Å². The summed E-state index contributed by atoms with van der Waals surface area (Å²) in [6, 6.07) is 3.72. The van der Waals surface area contributed by atoms with Crippen LogP contribution in [0.4, 0.5) is 0 Å². The van der Waals surface area contributed by atoms with Gasteiger partial charge < -0.3 is 0 Å². The van der Waals surface area contributed by atoms with Crippen LogP contribution in [0.5, 0.6) is 0 Å². The Kier molecular flexibility index (Phi) is 4.02. The summed E-state index contributed by atoms with van der Waals surface area (Å²) in [7, 11) is 0. The zero-order valence-corrected chi connectivity index (χ0v) is 9.27. The number of aromatic nitrogens is 1. The molecule has 1 nitrogen and oxygen atoms in total. The summed E-state index contributed by atoms with van der Waals surface area (Å²) in [4.78, 5) is 4.68. The van der Waals surface area contributed by atoms with Gasteiger partial charge in [0, 0.05) is 17.4 Å². The maximum atomic E-state index is 5.94. The van der Waals surface area contributed by atoms with Gasteiger partial charge in [-0.05, 0) is 18.6 Å². The second-order valence-corrected chi connectivity index (χ2v) is 4.34. The summed E-state index contributed by atoms with van der Waals surface area (Å²) in [5, 5.41) is 0.760. The molecule has 0 radical (unpaired) electrons. The van der Waals surface area contributed by atoms with Crippen molar-refractivity contribution < 1.29 is 0 Å². The fraction of sp³-hybridized carbons (Fsp3) is 0.444. The summed E-state index contributed by atoms with van der Waals surface area (Å²) in [5.41, 5.74) is 0.975. The lowest BCUT2D eigenvalue weighted by atomic mass is 10.2. The molecule has 1 heterocycles. The molecule has 0 saturated heterocycles. The Labute approximate surface area is 86.3 Å². The Morgan fingerprint density at radius 3 is 3.00 bits per heavy atom. The average molecular weight is 249 g/mol. The first kappa shape index (κ1) is 10.0. The Bertz CT molecular complexity index is 252. The van der Waals surface area contributed by atoms with Crippen molar-refractivity contribution in [1.29, 1.82) is 0 Å². The fourth-order valence-corrected chi connectivity index (χ4v) is 1.43. The van der Waals surface area contributed by atoms with Crippen molar-refractivity contribution in [2.45, 2.75) is 24.6 Å². The van der Waals surface area contributed by atoms with Crippen LogP contribution < -0.4 is 0 Å². The van der Waals surface area contributed by atoms with Gasteiger partial charge in [-0.15, -0.1) is 0 Å². The van der Waals surface area contributed by atoms with Crippen LogP contribution in [0.3, 0.4) is 0 Å². The lowest BCUT2D eigenvalue weighted by Gasteiger charge is -2.06. The van der Waals surface area contributed by atoms with Gasteiger partial charge in [0.05, 0.1) is 10.7 Å². The van der Waals surface area contributed by atoms with E-state index in [0.29, 0.717) is 4.83 Å². The predicted octanol–water partition coefficient (Wildman–Crippen LogP) is 3.45. The SMILES string of the molecule is CCC(Br)Cc1ncccc1Cl. The molecule has 0 saturated carbocycles. The van der Waals surface area contributed by atoms with Crippen molar-refractivity contribution in [2.75, 3.05) is 0 Å². The van der Waals surface area contributed by atoms with E-state index in [2.05, 4.69) is 27.8 Å². The Morgan fingerprint density at radius 2 is 2.42 bits per heavy atom. The molecule has 66 valence electrons. The van der Waals surface area contributed by atoms with E-state index in [9.17, 15) is 0 Å². The zero-order valence-electron chi connectivity index (χ0n) is 6.93. The smallest absolute Gasteiger partial charge is 0.0621 e. The van der Waals surface area contributed by atoms with Gasteiger partial charge in [-0.25, -0.2) is 0 Å².